The Hall–Kier alpha value is -2.07. The summed E-state index contributed by atoms with van der Waals surface area (Å²) in [6.45, 7) is 4.25. The number of rotatable bonds is 9. The number of likely N-dealkylation sites (N-methyl/N-ethyl adjacent to an activating group) is 1. The predicted octanol–water partition coefficient (Wildman–Crippen LogP) is 6.11. The summed E-state index contributed by atoms with van der Waals surface area (Å²) in [6.07, 6.45) is 9.96. The molecule has 0 fully saturated rings. The summed E-state index contributed by atoms with van der Waals surface area (Å²) in [6, 6.07) is 8.25. The summed E-state index contributed by atoms with van der Waals surface area (Å²) in [4.78, 5) is 1.22. The molecule has 0 bridgehead atoms. The van der Waals surface area contributed by atoms with Crippen molar-refractivity contribution in [3.8, 4) is 5.75 Å². The summed E-state index contributed by atoms with van der Waals surface area (Å²) in [5, 5.41) is 4.40. The highest BCUT2D eigenvalue weighted by molar-refractivity contribution is 7.20. The minimum absolute atomic E-state index is 0.344. The second-order valence-corrected chi connectivity index (χ2v) is 6.68. The van der Waals surface area contributed by atoms with Crippen LogP contribution in [0.1, 0.15) is 31.6 Å². The minimum atomic E-state index is -0.344. The monoisotopic (exact) mass is 359 g/mol. The quantitative estimate of drug-likeness (QED) is 0.431. The molecule has 25 heavy (non-hydrogen) atoms. The number of thiophene rings is 1. The van der Waals surface area contributed by atoms with Gasteiger partial charge in [0.05, 0.1) is 13.3 Å². The Balaban J connectivity index is 2.21. The summed E-state index contributed by atoms with van der Waals surface area (Å²) < 4.78 is 19.0. The van der Waals surface area contributed by atoms with E-state index in [4.69, 9.17) is 4.74 Å². The number of halogens is 1. The molecule has 2 nitrogen and oxygen atoms in total. The van der Waals surface area contributed by atoms with Crippen molar-refractivity contribution in [1.29, 1.82) is 0 Å². The molecule has 1 aromatic heterocycles. The number of fused-ring (bicyclic) bond motifs is 1. The average Bonchev–Trinajstić information content (AvgIpc) is 3.04. The van der Waals surface area contributed by atoms with Crippen molar-refractivity contribution < 1.29 is 9.13 Å². The van der Waals surface area contributed by atoms with Crippen molar-refractivity contribution in [3.05, 3.63) is 59.1 Å². The largest absolute Gasteiger partial charge is 0.493 e. The lowest BCUT2D eigenvalue weighted by molar-refractivity contribution is 0.290. The smallest absolute Gasteiger partial charge is 0.120 e. The van der Waals surface area contributed by atoms with Gasteiger partial charge < -0.3 is 10.1 Å². The standard InChI is InChI=1S/C21H26FNOS/c1-4-7-18(23-3)10-8-16(5-2)20-14-17-9-11-19(15-21(17)25-20)24-13-6-12-22/h5,7-11,14-15,23H,4,6,12-13H2,1-3H3/b10-8-,16-5+,18-7+. The number of allylic oxidation sites excluding steroid dienone is 5. The van der Waals surface area contributed by atoms with Gasteiger partial charge in [-0.2, -0.15) is 0 Å². The second kappa shape index (κ2) is 10.0. The van der Waals surface area contributed by atoms with E-state index in [0.717, 1.165) is 17.9 Å². The van der Waals surface area contributed by atoms with Gasteiger partial charge in [0.2, 0.25) is 0 Å². The van der Waals surface area contributed by atoms with Crippen LogP contribution in [0.4, 0.5) is 4.39 Å². The molecule has 0 saturated carbocycles. The zero-order valence-corrected chi connectivity index (χ0v) is 16.0. The Morgan fingerprint density at radius 1 is 1.28 bits per heavy atom. The van der Waals surface area contributed by atoms with E-state index in [9.17, 15) is 4.39 Å². The van der Waals surface area contributed by atoms with E-state index in [1.54, 1.807) is 11.3 Å². The van der Waals surface area contributed by atoms with Gasteiger partial charge in [-0.15, -0.1) is 11.3 Å². The van der Waals surface area contributed by atoms with E-state index in [-0.39, 0.29) is 6.67 Å². The van der Waals surface area contributed by atoms with Gasteiger partial charge in [-0.25, -0.2) is 0 Å². The Morgan fingerprint density at radius 2 is 2.12 bits per heavy atom. The third-order valence-electron chi connectivity index (χ3n) is 3.79. The van der Waals surface area contributed by atoms with Crippen molar-refractivity contribution in [2.45, 2.75) is 26.7 Å². The molecule has 0 unspecified atom stereocenters. The fourth-order valence-corrected chi connectivity index (χ4v) is 3.61. The minimum Gasteiger partial charge on any atom is -0.493 e. The van der Waals surface area contributed by atoms with Gasteiger partial charge >= 0.3 is 0 Å². The highest BCUT2D eigenvalue weighted by Crippen LogP contribution is 2.33. The summed E-state index contributed by atoms with van der Waals surface area (Å²) in [7, 11) is 1.94. The first kappa shape index (κ1) is 19.3. The van der Waals surface area contributed by atoms with E-state index in [2.05, 4.69) is 55.6 Å². The van der Waals surface area contributed by atoms with Gasteiger partial charge in [-0.05, 0) is 54.6 Å². The van der Waals surface area contributed by atoms with Crippen LogP contribution in [-0.4, -0.2) is 20.3 Å². The number of nitrogens with one attached hydrogen (secondary N) is 1. The van der Waals surface area contributed by atoms with Crippen LogP contribution in [0, 0.1) is 0 Å². The van der Waals surface area contributed by atoms with Crippen LogP contribution >= 0.6 is 11.3 Å². The Morgan fingerprint density at radius 3 is 2.80 bits per heavy atom. The maximum absolute atomic E-state index is 12.2. The molecule has 0 saturated heterocycles. The molecule has 0 atom stereocenters. The van der Waals surface area contributed by atoms with Crippen LogP contribution in [0.2, 0.25) is 0 Å². The molecule has 134 valence electrons. The first-order valence-electron chi connectivity index (χ1n) is 8.66. The van der Waals surface area contributed by atoms with Crippen LogP contribution in [0.3, 0.4) is 0 Å². The highest BCUT2D eigenvalue weighted by Gasteiger charge is 2.06. The lowest BCUT2D eigenvalue weighted by atomic mass is 10.1. The molecule has 1 aromatic carbocycles. The Bertz CT molecular complexity index is 773. The Labute approximate surface area is 153 Å². The first-order chi connectivity index (χ1) is 12.2. The van der Waals surface area contributed by atoms with Gasteiger partial charge in [0, 0.05) is 28.7 Å². The molecular weight excluding hydrogens is 333 g/mol. The fourth-order valence-electron chi connectivity index (χ4n) is 2.46. The van der Waals surface area contributed by atoms with E-state index in [1.165, 1.54) is 20.5 Å². The molecule has 0 amide bonds. The molecule has 1 heterocycles. The van der Waals surface area contributed by atoms with Gasteiger partial charge in [-0.3, -0.25) is 4.39 Å². The van der Waals surface area contributed by atoms with Crippen molar-refractivity contribution in [1.82, 2.24) is 5.32 Å². The SMILES string of the molecule is C\C=C(/C=C\C(=C/CC)NC)c1cc2ccc(OCCCF)cc2s1. The predicted molar refractivity (Wildman–Crippen MR) is 108 cm³/mol. The zero-order chi connectivity index (χ0) is 18.1. The zero-order valence-electron chi connectivity index (χ0n) is 15.1. The molecule has 2 aromatic rings. The van der Waals surface area contributed by atoms with Gasteiger partial charge in [0.1, 0.15) is 5.75 Å². The molecule has 0 radical (unpaired) electrons. The summed E-state index contributed by atoms with van der Waals surface area (Å²) >= 11 is 1.74. The van der Waals surface area contributed by atoms with Gasteiger partial charge in [0.25, 0.3) is 0 Å². The first-order valence-corrected chi connectivity index (χ1v) is 9.48. The Kier molecular flexibility index (Phi) is 7.74. The summed E-state index contributed by atoms with van der Waals surface area (Å²) in [5.74, 6) is 0.801. The van der Waals surface area contributed by atoms with E-state index in [1.807, 2.05) is 19.2 Å². The summed E-state index contributed by atoms with van der Waals surface area (Å²) in [5.41, 5.74) is 2.31. The molecule has 1 N–H and O–H groups in total. The van der Waals surface area contributed by atoms with Crippen molar-refractivity contribution >= 4 is 27.0 Å². The molecule has 4 heteroatoms. The average molecular weight is 360 g/mol. The van der Waals surface area contributed by atoms with Crippen LogP contribution in [0.25, 0.3) is 15.7 Å². The fraction of sp³-hybridized carbons (Fsp3) is 0.333. The highest BCUT2D eigenvalue weighted by atomic mass is 32.1. The topological polar surface area (TPSA) is 21.3 Å². The van der Waals surface area contributed by atoms with E-state index in [0.29, 0.717) is 13.0 Å². The van der Waals surface area contributed by atoms with Crippen molar-refractivity contribution in [3.63, 3.8) is 0 Å². The van der Waals surface area contributed by atoms with Crippen LogP contribution in [-0.2, 0) is 0 Å². The van der Waals surface area contributed by atoms with Crippen molar-refractivity contribution in [2.75, 3.05) is 20.3 Å². The lowest BCUT2D eigenvalue weighted by Crippen LogP contribution is -2.02. The molecule has 0 aliphatic carbocycles. The third-order valence-corrected chi connectivity index (χ3v) is 4.94. The van der Waals surface area contributed by atoms with Gasteiger partial charge in [-0.1, -0.05) is 25.2 Å². The van der Waals surface area contributed by atoms with Crippen molar-refractivity contribution in [2.24, 2.45) is 0 Å². The number of hydrogen-bond donors (Lipinski definition) is 1. The number of ether oxygens (including phenoxy) is 1. The molecule has 0 aliphatic rings. The molecule has 2 rings (SSSR count). The third kappa shape index (κ3) is 5.46. The maximum Gasteiger partial charge on any atom is 0.120 e. The second-order valence-electron chi connectivity index (χ2n) is 5.60. The number of alkyl halides is 1. The molecular formula is C21H26FNOS. The normalized spacial score (nSPS) is 13.0. The number of hydrogen-bond acceptors (Lipinski definition) is 3. The van der Waals surface area contributed by atoms with Crippen LogP contribution < -0.4 is 10.1 Å². The number of benzene rings is 1. The molecule has 0 spiro atoms. The maximum atomic E-state index is 12.2. The van der Waals surface area contributed by atoms with Gasteiger partial charge in [0.15, 0.2) is 0 Å². The molecule has 0 aliphatic heterocycles. The lowest BCUT2D eigenvalue weighted by Gasteiger charge is -2.03. The van der Waals surface area contributed by atoms with E-state index >= 15 is 0 Å². The van der Waals surface area contributed by atoms with Crippen LogP contribution in [0.15, 0.2) is 54.3 Å². The van der Waals surface area contributed by atoms with Crippen LogP contribution in [0.5, 0.6) is 5.75 Å². The van der Waals surface area contributed by atoms with E-state index < -0.39 is 0 Å².